The number of nitrogens with one attached hydrogen (secondary N) is 1. The Kier molecular flexibility index (Phi) is 4.85. The Morgan fingerprint density at radius 1 is 1.45 bits per heavy atom. The van der Waals surface area contributed by atoms with Crippen LogP contribution >= 0.6 is 12.2 Å². The van der Waals surface area contributed by atoms with Crippen molar-refractivity contribution in [1.29, 1.82) is 0 Å². The van der Waals surface area contributed by atoms with Gasteiger partial charge in [0, 0.05) is 19.6 Å². The third kappa shape index (κ3) is 3.41. The Bertz CT molecular complexity index is 497. The van der Waals surface area contributed by atoms with Crippen molar-refractivity contribution in [3.63, 3.8) is 0 Å². The van der Waals surface area contributed by atoms with Crippen molar-refractivity contribution >= 4 is 12.2 Å². The Balaban J connectivity index is 2.17. The van der Waals surface area contributed by atoms with E-state index in [1.165, 1.54) is 0 Å². The molecule has 20 heavy (non-hydrogen) atoms. The molecule has 1 aromatic heterocycles. The van der Waals surface area contributed by atoms with E-state index in [2.05, 4.69) is 10.2 Å². The predicted octanol–water partition coefficient (Wildman–Crippen LogP) is 3.42. The van der Waals surface area contributed by atoms with Gasteiger partial charge in [-0.25, -0.2) is 0 Å². The maximum absolute atomic E-state index is 12.9. The summed E-state index contributed by atoms with van der Waals surface area (Å²) in [6.07, 6.45) is -2.53. The van der Waals surface area contributed by atoms with Crippen molar-refractivity contribution in [3.8, 4) is 0 Å². The minimum absolute atomic E-state index is 0.0934. The lowest BCUT2D eigenvalue weighted by atomic mass is 9.80. The fraction of sp³-hybridized carbons (Fsp3) is 0.833. The van der Waals surface area contributed by atoms with E-state index in [0.717, 1.165) is 6.42 Å². The standard InChI is InChI=1S/C12H18F3N3OS/c1-19-6-5-18-10(16-17-11(18)20)8-3-2-4-9(7-8)12(13,14)15/h8-9H,2-7H2,1H3,(H,17,20). The summed E-state index contributed by atoms with van der Waals surface area (Å²) in [4.78, 5) is 0. The van der Waals surface area contributed by atoms with Crippen LogP contribution in [0, 0.1) is 10.7 Å². The summed E-state index contributed by atoms with van der Waals surface area (Å²) in [5.41, 5.74) is 0. The van der Waals surface area contributed by atoms with Gasteiger partial charge in [0.25, 0.3) is 0 Å². The summed E-state index contributed by atoms with van der Waals surface area (Å²) >= 11 is 5.13. The van der Waals surface area contributed by atoms with Crippen molar-refractivity contribution in [2.45, 2.75) is 44.3 Å². The number of hydrogen-bond donors (Lipinski definition) is 1. The van der Waals surface area contributed by atoms with Gasteiger partial charge in [0.05, 0.1) is 12.5 Å². The van der Waals surface area contributed by atoms with Crippen LogP contribution in [0.25, 0.3) is 0 Å². The van der Waals surface area contributed by atoms with Crippen LogP contribution in [-0.2, 0) is 11.3 Å². The normalized spacial score (nSPS) is 24.0. The molecule has 0 aromatic carbocycles. The zero-order chi connectivity index (χ0) is 14.8. The molecule has 1 N–H and O–H groups in total. The van der Waals surface area contributed by atoms with Crippen LogP contribution in [0.2, 0.25) is 0 Å². The summed E-state index contributed by atoms with van der Waals surface area (Å²) in [5, 5.41) is 6.81. The van der Waals surface area contributed by atoms with Gasteiger partial charge in [0.2, 0.25) is 0 Å². The second-order valence-corrected chi connectivity index (χ2v) is 5.52. The van der Waals surface area contributed by atoms with Gasteiger partial charge in [0.15, 0.2) is 4.77 Å². The van der Waals surface area contributed by atoms with E-state index in [-0.39, 0.29) is 18.8 Å². The largest absolute Gasteiger partial charge is 0.391 e. The third-order valence-electron chi connectivity index (χ3n) is 3.81. The molecule has 1 saturated carbocycles. The van der Waals surface area contributed by atoms with Gasteiger partial charge in [0.1, 0.15) is 5.82 Å². The number of aromatic amines is 1. The second-order valence-electron chi connectivity index (χ2n) is 5.13. The van der Waals surface area contributed by atoms with Crippen LogP contribution in [0.15, 0.2) is 0 Å². The summed E-state index contributed by atoms with van der Waals surface area (Å²) < 4.78 is 45.8. The van der Waals surface area contributed by atoms with Crippen LogP contribution in [0.4, 0.5) is 13.2 Å². The first-order valence-electron chi connectivity index (χ1n) is 6.64. The average Bonchev–Trinajstić information content (AvgIpc) is 2.77. The van der Waals surface area contributed by atoms with Crippen LogP contribution in [0.1, 0.15) is 37.4 Å². The molecule has 1 heterocycles. The van der Waals surface area contributed by atoms with E-state index < -0.39 is 12.1 Å². The number of ether oxygens (including phenoxy) is 1. The van der Waals surface area contributed by atoms with Gasteiger partial charge in [-0.2, -0.15) is 18.3 Å². The van der Waals surface area contributed by atoms with E-state index in [1.54, 1.807) is 11.7 Å². The predicted molar refractivity (Wildman–Crippen MR) is 70.0 cm³/mol. The number of aromatic nitrogens is 3. The Labute approximate surface area is 120 Å². The number of nitrogens with zero attached hydrogens (tertiary/aromatic N) is 2. The summed E-state index contributed by atoms with van der Waals surface area (Å²) in [7, 11) is 1.57. The third-order valence-corrected chi connectivity index (χ3v) is 4.12. The summed E-state index contributed by atoms with van der Waals surface area (Å²) in [5.74, 6) is -0.802. The summed E-state index contributed by atoms with van der Waals surface area (Å²) in [6.45, 7) is 0.963. The smallest absolute Gasteiger partial charge is 0.383 e. The molecule has 0 saturated heterocycles. The number of hydrogen-bond acceptors (Lipinski definition) is 3. The molecule has 114 valence electrons. The monoisotopic (exact) mass is 309 g/mol. The highest BCUT2D eigenvalue weighted by atomic mass is 32.1. The molecular weight excluding hydrogens is 291 g/mol. The van der Waals surface area contributed by atoms with Crippen LogP contribution in [0.5, 0.6) is 0 Å². The highest BCUT2D eigenvalue weighted by Crippen LogP contribution is 2.43. The minimum Gasteiger partial charge on any atom is -0.383 e. The highest BCUT2D eigenvalue weighted by Gasteiger charge is 2.43. The van der Waals surface area contributed by atoms with Crippen LogP contribution < -0.4 is 0 Å². The molecule has 2 rings (SSSR count). The number of H-pyrrole nitrogens is 1. The van der Waals surface area contributed by atoms with E-state index in [9.17, 15) is 13.2 Å². The molecule has 0 aliphatic heterocycles. The van der Waals surface area contributed by atoms with E-state index in [1.807, 2.05) is 0 Å². The fourth-order valence-electron chi connectivity index (χ4n) is 2.76. The highest BCUT2D eigenvalue weighted by molar-refractivity contribution is 7.71. The van der Waals surface area contributed by atoms with Crippen molar-refractivity contribution in [3.05, 3.63) is 10.6 Å². The molecule has 0 spiro atoms. The zero-order valence-electron chi connectivity index (χ0n) is 11.2. The first kappa shape index (κ1) is 15.5. The lowest BCUT2D eigenvalue weighted by molar-refractivity contribution is -0.183. The summed E-state index contributed by atoms with van der Waals surface area (Å²) in [6, 6.07) is 0. The Hall–Kier alpha value is -0.890. The SMILES string of the molecule is COCCn1c(C2CCCC(C(F)(F)F)C2)n[nH]c1=S. The maximum atomic E-state index is 12.9. The molecule has 2 unspecified atom stereocenters. The molecule has 1 aliphatic carbocycles. The maximum Gasteiger partial charge on any atom is 0.391 e. The minimum atomic E-state index is -4.12. The van der Waals surface area contributed by atoms with Gasteiger partial charge in [-0.3, -0.25) is 5.10 Å². The van der Waals surface area contributed by atoms with Gasteiger partial charge in [-0.15, -0.1) is 0 Å². The molecule has 1 fully saturated rings. The number of methoxy groups -OCH3 is 1. The topological polar surface area (TPSA) is 42.8 Å². The Morgan fingerprint density at radius 2 is 2.20 bits per heavy atom. The molecule has 0 amide bonds. The van der Waals surface area contributed by atoms with Crippen molar-refractivity contribution in [2.75, 3.05) is 13.7 Å². The van der Waals surface area contributed by atoms with Crippen LogP contribution in [-0.4, -0.2) is 34.7 Å². The van der Waals surface area contributed by atoms with Gasteiger partial charge < -0.3 is 9.30 Å². The molecule has 0 radical (unpaired) electrons. The zero-order valence-corrected chi connectivity index (χ0v) is 12.1. The number of halogens is 3. The van der Waals surface area contributed by atoms with E-state index in [4.69, 9.17) is 17.0 Å². The molecule has 2 atom stereocenters. The van der Waals surface area contributed by atoms with Gasteiger partial charge >= 0.3 is 6.18 Å². The number of alkyl halides is 3. The fourth-order valence-corrected chi connectivity index (χ4v) is 2.99. The first-order valence-corrected chi connectivity index (χ1v) is 7.05. The molecule has 1 aliphatic rings. The van der Waals surface area contributed by atoms with Crippen molar-refractivity contribution in [2.24, 2.45) is 5.92 Å². The van der Waals surface area contributed by atoms with Crippen LogP contribution in [0.3, 0.4) is 0 Å². The van der Waals surface area contributed by atoms with E-state index >= 15 is 0 Å². The van der Waals surface area contributed by atoms with Crippen molar-refractivity contribution < 1.29 is 17.9 Å². The molecule has 8 heteroatoms. The quantitative estimate of drug-likeness (QED) is 0.867. The van der Waals surface area contributed by atoms with Gasteiger partial charge in [-0.1, -0.05) is 6.42 Å². The Morgan fingerprint density at radius 3 is 2.85 bits per heavy atom. The van der Waals surface area contributed by atoms with Crippen molar-refractivity contribution in [1.82, 2.24) is 14.8 Å². The molecule has 1 aromatic rings. The molecular formula is C12H18F3N3OS. The molecule has 4 nitrogen and oxygen atoms in total. The first-order chi connectivity index (χ1) is 9.43. The second kappa shape index (κ2) is 6.26. The lowest BCUT2D eigenvalue weighted by Crippen LogP contribution is -2.29. The average molecular weight is 309 g/mol. The van der Waals surface area contributed by atoms with Gasteiger partial charge in [-0.05, 0) is 31.5 Å². The molecule has 0 bridgehead atoms. The number of rotatable bonds is 4. The lowest BCUT2D eigenvalue weighted by Gasteiger charge is -2.30. The van der Waals surface area contributed by atoms with E-state index in [0.29, 0.717) is 30.2 Å².